The van der Waals surface area contributed by atoms with Gasteiger partial charge in [0.2, 0.25) is 5.91 Å². The Labute approximate surface area is 109 Å². The molecule has 5 nitrogen and oxygen atoms in total. The number of hydrogen-bond acceptors (Lipinski definition) is 4. The Bertz CT molecular complexity index is 313. The van der Waals surface area contributed by atoms with E-state index >= 15 is 0 Å². The minimum atomic E-state index is -0.160. The molecule has 0 radical (unpaired) electrons. The Balaban J connectivity index is 1.70. The molecule has 0 spiro atoms. The van der Waals surface area contributed by atoms with Crippen LogP contribution in [-0.2, 0) is 14.3 Å². The number of carbonyl (C=O) groups is 1. The Morgan fingerprint density at radius 1 is 1.44 bits per heavy atom. The molecule has 104 valence electrons. The van der Waals surface area contributed by atoms with Crippen molar-refractivity contribution in [3.63, 3.8) is 0 Å². The average Bonchev–Trinajstić information content (AvgIpc) is 2.22. The third kappa shape index (κ3) is 3.67. The highest BCUT2D eigenvalue weighted by atomic mass is 16.5. The van der Waals surface area contributed by atoms with Crippen LogP contribution in [0.2, 0.25) is 0 Å². The van der Waals surface area contributed by atoms with Crippen molar-refractivity contribution < 1.29 is 14.3 Å². The van der Waals surface area contributed by atoms with Crippen molar-refractivity contribution in [3.05, 3.63) is 0 Å². The van der Waals surface area contributed by atoms with Crippen molar-refractivity contribution in [3.8, 4) is 0 Å². The highest BCUT2D eigenvalue weighted by Gasteiger charge is 2.34. The minimum absolute atomic E-state index is 0.0224. The summed E-state index contributed by atoms with van der Waals surface area (Å²) in [5, 5.41) is 6.18. The lowest BCUT2D eigenvalue weighted by Gasteiger charge is -2.39. The normalized spacial score (nSPS) is 29.4. The average molecular weight is 256 g/mol. The standard InChI is InChI=1S/C13H24N2O3/c1-12(2)6-10(4-5-17-12)15-11(16)7-18-13(3)8-14-9-13/h10,14H,4-9H2,1-3H3,(H,15,16). The molecule has 2 aliphatic rings. The van der Waals surface area contributed by atoms with Crippen LogP contribution in [0.3, 0.4) is 0 Å². The third-order valence-electron chi connectivity index (χ3n) is 3.61. The maximum absolute atomic E-state index is 11.8. The largest absolute Gasteiger partial charge is 0.375 e. The molecule has 1 atom stereocenters. The van der Waals surface area contributed by atoms with Crippen molar-refractivity contribution in [2.24, 2.45) is 0 Å². The van der Waals surface area contributed by atoms with Gasteiger partial charge in [-0.1, -0.05) is 0 Å². The van der Waals surface area contributed by atoms with Crippen LogP contribution in [0.25, 0.3) is 0 Å². The number of amides is 1. The lowest BCUT2D eigenvalue weighted by molar-refractivity contribution is -0.138. The van der Waals surface area contributed by atoms with E-state index in [2.05, 4.69) is 24.5 Å². The van der Waals surface area contributed by atoms with Gasteiger partial charge in [0.25, 0.3) is 0 Å². The number of ether oxygens (including phenoxy) is 2. The molecule has 2 saturated heterocycles. The molecule has 2 rings (SSSR count). The SMILES string of the molecule is CC1(C)CC(NC(=O)COC2(C)CNC2)CCO1. The summed E-state index contributed by atoms with van der Waals surface area (Å²) in [7, 11) is 0. The fourth-order valence-electron chi connectivity index (χ4n) is 2.44. The highest BCUT2D eigenvalue weighted by molar-refractivity contribution is 5.77. The van der Waals surface area contributed by atoms with Gasteiger partial charge in [0.1, 0.15) is 6.61 Å². The van der Waals surface area contributed by atoms with E-state index in [0.717, 1.165) is 25.9 Å². The zero-order chi connectivity index (χ0) is 13.2. The van der Waals surface area contributed by atoms with Gasteiger partial charge in [0, 0.05) is 25.7 Å². The molecule has 0 aromatic carbocycles. The molecule has 0 aromatic rings. The van der Waals surface area contributed by atoms with E-state index in [1.807, 2.05) is 6.92 Å². The fraction of sp³-hybridized carbons (Fsp3) is 0.923. The van der Waals surface area contributed by atoms with Crippen LogP contribution in [0.1, 0.15) is 33.6 Å². The van der Waals surface area contributed by atoms with Crippen LogP contribution in [0, 0.1) is 0 Å². The van der Waals surface area contributed by atoms with Crippen LogP contribution in [0.15, 0.2) is 0 Å². The van der Waals surface area contributed by atoms with Crippen molar-refractivity contribution >= 4 is 5.91 Å². The second-order valence-electron chi connectivity index (χ2n) is 6.21. The van der Waals surface area contributed by atoms with Crippen LogP contribution < -0.4 is 10.6 Å². The molecule has 0 bridgehead atoms. The molecule has 0 saturated carbocycles. The molecule has 0 aromatic heterocycles. The molecule has 1 unspecified atom stereocenters. The number of carbonyl (C=O) groups excluding carboxylic acids is 1. The summed E-state index contributed by atoms with van der Waals surface area (Å²) in [6.45, 7) is 8.64. The lowest BCUT2D eigenvalue weighted by Crippen LogP contribution is -2.60. The summed E-state index contributed by atoms with van der Waals surface area (Å²) >= 11 is 0. The molecular weight excluding hydrogens is 232 g/mol. The van der Waals surface area contributed by atoms with Gasteiger partial charge >= 0.3 is 0 Å². The first-order chi connectivity index (χ1) is 8.39. The molecule has 1 amide bonds. The Hall–Kier alpha value is -0.650. The van der Waals surface area contributed by atoms with E-state index in [1.165, 1.54) is 0 Å². The van der Waals surface area contributed by atoms with Gasteiger partial charge < -0.3 is 20.1 Å². The van der Waals surface area contributed by atoms with E-state index in [0.29, 0.717) is 6.61 Å². The van der Waals surface area contributed by atoms with E-state index < -0.39 is 0 Å². The van der Waals surface area contributed by atoms with Crippen molar-refractivity contribution in [1.29, 1.82) is 0 Å². The van der Waals surface area contributed by atoms with Crippen molar-refractivity contribution in [1.82, 2.24) is 10.6 Å². The van der Waals surface area contributed by atoms with Crippen LogP contribution in [-0.4, -0.2) is 49.5 Å². The summed E-state index contributed by atoms with van der Waals surface area (Å²) in [5.74, 6) is -0.0224. The van der Waals surface area contributed by atoms with Crippen molar-refractivity contribution in [2.45, 2.75) is 50.9 Å². The van der Waals surface area contributed by atoms with E-state index in [-0.39, 0.29) is 29.8 Å². The predicted octanol–water partition coefficient (Wildman–Crippen LogP) is 0.439. The van der Waals surface area contributed by atoms with Gasteiger partial charge in [-0.2, -0.15) is 0 Å². The van der Waals surface area contributed by atoms with Gasteiger partial charge in [-0.15, -0.1) is 0 Å². The summed E-state index contributed by atoms with van der Waals surface area (Å²) in [5.41, 5.74) is -0.298. The summed E-state index contributed by atoms with van der Waals surface area (Å²) in [6, 6.07) is 0.206. The molecule has 5 heteroatoms. The minimum Gasteiger partial charge on any atom is -0.375 e. The van der Waals surface area contributed by atoms with Crippen LogP contribution in [0.5, 0.6) is 0 Å². The second kappa shape index (κ2) is 5.15. The van der Waals surface area contributed by atoms with E-state index in [4.69, 9.17) is 9.47 Å². The van der Waals surface area contributed by atoms with Crippen LogP contribution in [0.4, 0.5) is 0 Å². The van der Waals surface area contributed by atoms with Crippen LogP contribution >= 0.6 is 0 Å². The first kappa shape index (κ1) is 13.8. The first-order valence-electron chi connectivity index (χ1n) is 6.67. The fourth-order valence-corrected chi connectivity index (χ4v) is 2.44. The number of rotatable bonds is 4. The summed E-state index contributed by atoms with van der Waals surface area (Å²) < 4.78 is 11.2. The second-order valence-corrected chi connectivity index (χ2v) is 6.21. The number of nitrogens with one attached hydrogen (secondary N) is 2. The van der Waals surface area contributed by atoms with Crippen molar-refractivity contribution in [2.75, 3.05) is 26.3 Å². The molecule has 2 heterocycles. The van der Waals surface area contributed by atoms with Gasteiger partial charge in [-0.25, -0.2) is 0 Å². The topological polar surface area (TPSA) is 59.6 Å². The summed E-state index contributed by atoms with van der Waals surface area (Å²) in [6.07, 6.45) is 1.74. The zero-order valence-electron chi connectivity index (χ0n) is 11.5. The maximum Gasteiger partial charge on any atom is 0.246 e. The molecule has 2 fully saturated rings. The molecular formula is C13H24N2O3. The summed E-state index contributed by atoms with van der Waals surface area (Å²) in [4.78, 5) is 11.8. The highest BCUT2D eigenvalue weighted by Crippen LogP contribution is 2.23. The molecule has 18 heavy (non-hydrogen) atoms. The molecule has 2 aliphatic heterocycles. The van der Waals surface area contributed by atoms with E-state index in [1.54, 1.807) is 0 Å². The van der Waals surface area contributed by atoms with E-state index in [9.17, 15) is 4.79 Å². The Kier molecular flexibility index (Phi) is 3.94. The van der Waals surface area contributed by atoms with Gasteiger partial charge in [0.05, 0.1) is 11.2 Å². The third-order valence-corrected chi connectivity index (χ3v) is 3.61. The van der Waals surface area contributed by atoms with Gasteiger partial charge in [-0.05, 0) is 33.6 Å². The Morgan fingerprint density at radius 2 is 2.17 bits per heavy atom. The smallest absolute Gasteiger partial charge is 0.246 e. The Morgan fingerprint density at radius 3 is 2.72 bits per heavy atom. The number of hydrogen-bond donors (Lipinski definition) is 2. The molecule has 0 aliphatic carbocycles. The predicted molar refractivity (Wildman–Crippen MR) is 68.4 cm³/mol. The lowest BCUT2D eigenvalue weighted by atomic mass is 9.94. The first-order valence-corrected chi connectivity index (χ1v) is 6.67. The quantitative estimate of drug-likeness (QED) is 0.766. The maximum atomic E-state index is 11.8. The van der Waals surface area contributed by atoms with Gasteiger partial charge in [-0.3, -0.25) is 4.79 Å². The molecule has 2 N–H and O–H groups in total. The monoisotopic (exact) mass is 256 g/mol. The van der Waals surface area contributed by atoms with Gasteiger partial charge in [0.15, 0.2) is 0 Å². The zero-order valence-corrected chi connectivity index (χ0v) is 11.5.